The summed E-state index contributed by atoms with van der Waals surface area (Å²) in [4.78, 5) is 0. The summed E-state index contributed by atoms with van der Waals surface area (Å²) in [6.45, 7) is 5.08. The molecular formula is C11H13Cl2NO. The van der Waals surface area contributed by atoms with Crippen LogP contribution in [0, 0.1) is 5.92 Å². The van der Waals surface area contributed by atoms with Crippen molar-refractivity contribution in [1.29, 1.82) is 0 Å². The third kappa shape index (κ3) is 2.16. The Morgan fingerprint density at radius 2 is 2.00 bits per heavy atom. The number of nitrogens with one attached hydrogen (secondary N) is 1. The molecule has 1 aromatic rings. The third-order valence-electron chi connectivity index (χ3n) is 2.54. The standard InChI is InChI=1S/C11H13Cl2NO/c1-6(2)11-5-14-9-3-7(12)8(13)4-10(9)15-11/h3-4,6,11,14H,5H2,1-2H3. The molecule has 2 nitrogen and oxygen atoms in total. The van der Waals surface area contributed by atoms with Gasteiger partial charge in [0.2, 0.25) is 0 Å². The first-order valence-electron chi connectivity index (χ1n) is 4.97. The predicted molar refractivity (Wildman–Crippen MR) is 64.2 cm³/mol. The molecule has 1 aromatic carbocycles. The second-order valence-electron chi connectivity index (χ2n) is 4.04. The molecule has 1 heterocycles. The highest BCUT2D eigenvalue weighted by atomic mass is 35.5. The topological polar surface area (TPSA) is 21.3 Å². The van der Waals surface area contributed by atoms with E-state index >= 15 is 0 Å². The fourth-order valence-corrected chi connectivity index (χ4v) is 1.87. The van der Waals surface area contributed by atoms with E-state index in [0.717, 1.165) is 18.0 Å². The molecule has 2 rings (SSSR count). The smallest absolute Gasteiger partial charge is 0.144 e. The minimum atomic E-state index is 0.190. The van der Waals surface area contributed by atoms with Crippen molar-refractivity contribution in [2.24, 2.45) is 5.92 Å². The molecule has 4 heteroatoms. The quantitative estimate of drug-likeness (QED) is 0.813. The van der Waals surface area contributed by atoms with Crippen molar-refractivity contribution < 1.29 is 4.74 Å². The van der Waals surface area contributed by atoms with Gasteiger partial charge < -0.3 is 10.1 Å². The maximum atomic E-state index is 5.93. The summed E-state index contributed by atoms with van der Waals surface area (Å²) in [6, 6.07) is 3.57. The van der Waals surface area contributed by atoms with Crippen LogP contribution in [0.1, 0.15) is 13.8 Å². The molecule has 15 heavy (non-hydrogen) atoms. The number of benzene rings is 1. The van der Waals surface area contributed by atoms with E-state index < -0.39 is 0 Å². The number of halogens is 2. The van der Waals surface area contributed by atoms with Gasteiger partial charge in [-0.1, -0.05) is 37.0 Å². The van der Waals surface area contributed by atoms with Crippen LogP contribution >= 0.6 is 23.2 Å². The summed E-state index contributed by atoms with van der Waals surface area (Å²) in [5.74, 6) is 1.26. The molecule has 0 bridgehead atoms. The fourth-order valence-electron chi connectivity index (χ4n) is 1.55. The zero-order chi connectivity index (χ0) is 11.0. The molecule has 0 amide bonds. The Hall–Kier alpha value is -0.600. The molecule has 0 saturated heterocycles. The Morgan fingerprint density at radius 3 is 2.67 bits per heavy atom. The highest BCUT2D eigenvalue weighted by molar-refractivity contribution is 6.42. The Labute approximate surface area is 99.5 Å². The van der Waals surface area contributed by atoms with Gasteiger partial charge in [0.25, 0.3) is 0 Å². The highest BCUT2D eigenvalue weighted by Crippen LogP contribution is 2.37. The lowest BCUT2D eigenvalue weighted by Crippen LogP contribution is -2.34. The Balaban J connectivity index is 2.30. The lowest BCUT2D eigenvalue weighted by atomic mass is 10.1. The van der Waals surface area contributed by atoms with Crippen LogP contribution < -0.4 is 10.1 Å². The van der Waals surface area contributed by atoms with Crippen LogP contribution in [0.2, 0.25) is 10.0 Å². The van der Waals surface area contributed by atoms with Crippen molar-refractivity contribution in [3.05, 3.63) is 22.2 Å². The molecule has 1 aliphatic rings. The largest absolute Gasteiger partial charge is 0.486 e. The van der Waals surface area contributed by atoms with Gasteiger partial charge >= 0.3 is 0 Å². The zero-order valence-electron chi connectivity index (χ0n) is 8.68. The SMILES string of the molecule is CC(C)C1CNc2cc(Cl)c(Cl)cc2O1. The summed E-state index contributed by atoms with van der Waals surface area (Å²) in [5, 5.41) is 4.37. The lowest BCUT2D eigenvalue weighted by molar-refractivity contribution is 0.156. The third-order valence-corrected chi connectivity index (χ3v) is 3.26. The van der Waals surface area contributed by atoms with Crippen molar-refractivity contribution in [3.8, 4) is 5.75 Å². The van der Waals surface area contributed by atoms with Crippen molar-refractivity contribution in [2.75, 3.05) is 11.9 Å². The summed E-state index contributed by atoms with van der Waals surface area (Å²) in [7, 11) is 0. The van der Waals surface area contributed by atoms with Crippen LogP contribution in [0.4, 0.5) is 5.69 Å². The first-order valence-corrected chi connectivity index (χ1v) is 5.73. The van der Waals surface area contributed by atoms with Gasteiger partial charge in [0, 0.05) is 6.07 Å². The molecule has 0 aromatic heterocycles. The number of fused-ring (bicyclic) bond motifs is 1. The average molecular weight is 246 g/mol. The Kier molecular flexibility index (Phi) is 2.98. The van der Waals surface area contributed by atoms with E-state index in [2.05, 4.69) is 19.2 Å². The van der Waals surface area contributed by atoms with Gasteiger partial charge in [0.05, 0.1) is 22.3 Å². The molecular weight excluding hydrogens is 233 g/mol. The van der Waals surface area contributed by atoms with E-state index in [-0.39, 0.29) is 6.10 Å². The summed E-state index contributed by atoms with van der Waals surface area (Å²) < 4.78 is 5.82. The normalized spacial score (nSPS) is 19.4. The van der Waals surface area contributed by atoms with Gasteiger partial charge in [-0.15, -0.1) is 0 Å². The average Bonchev–Trinajstić information content (AvgIpc) is 2.19. The van der Waals surface area contributed by atoms with Crippen LogP contribution in [-0.2, 0) is 0 Å². The van der Waals surface area contributed by atoms with E-state index in [0.29, 0.717) is 16.0 Å². The fraction of sp³-hybridized carbons (Fsp3) is 0.455. The van der Waals surface area contributed by atoms with E-state index in [4.69, 9.17) is 27.9 Å². The first-order chi connectivity index (χ1) is 7.08. The number of rotatable bonds is 1. The van der Waals surface area contributed by atoms with Crippen molar-refractivity contribution >= 4 is 28.9 Å². The molecule has 1 aliphatic heterocycles. The molecule has 0 radical (unpaired) electrons. The van der Waals surface area contributed by atoms with Crippen LogP contribution in [0.3, 0.4) is 0 Å². The molecule has 0 aliphatic carbocycles. The van der Waals surface area contributed by atoms with Crippen molar-refractivity contribution in [1.82, 2.24) is 0 Å². The summed E-state index contributed by atoms with van der Waals surface area (Å²) >= 11 is 11.9. The molecule has 1 atom stereocenters. The van der Waals surface area contributed by atoms with Crippen molar-refractivity contribution in [2.45, 2.75) is 20.0 Å². The lowest BCUT2D eigenvalue weighted by Gasteiger charge is -2.30. The highest BCUT2D eigenvalue weighted by Gasteiger charge is 2.22. The van der Waals surface area contributed by atoms with Crippen LogP contribution in [0.5, 0.6) is 5.75 Å². The van der Waals surface area contributed by atoms with E-state index in [9.17, 15) is 0 Å². The van der Waals surface area contributed by atoms with Crippen LogP contribution in [0.25, 0.3) is 0 Å². The maximum Gasteiger partial charge on any atom is 0.144 e. The van der Waals surface area contributed by atoms with Gasteiger partial charge in [-0.25, -0.2) is 0 Å². The van der Waals surface area contributed by atoms with E-state index in [1.54, 1.807) is 12.1 Å². The number of ether oxygens (including phenoxy) is 1. The molecule has 82 valence electrons. The van der Waals surface area contributed by atoms with Gasteiger partial charge in [-0.2, -0.15) is 0 Å². The van der Waals surface area contributed by atoms with Gasteiger partial charge in [0.15, 0.2) is 0 Å². The minimum Gasteiger partial charge on any atom is -0.486 e. The molecule has 0 saturated carbocycles. The second kappa shape index (κ2) is 4.11. The first kappa shape index (κ1) is 10.9. The van der Waals surface area contributed by atoms with Gasteiger partial charge in [0.1, 0.15) is 11.9 Å². The van der Waals surface area contributed by atoms with Crippen LogP contribution in [0.15, 0.2) is 12.1 Å². The minimum absolute atomic E-state index is 0.190. The summed E-state index contributed by atoms with van der Waals surface area (Å²) in [5.41, 5.74) is 0.918. The molecule has 0 fully saturated rings. The predicted octanol–water partition coefficient (Wildman–Crippen LogP) is 3.82. The monoisotopic (exact) mass is 245 g/mol. The van der Waals surface area contributed by atoms with E-state index in [1.807, 2.05) is 0 Å². The second-order valence-corrected chi connectivity index (χ2v) is 4.86. The Bertz CT molecular complexity index is 379. The summed E-state index contributed by atoms with van der Waals surface area (Å²) in [6.07, 6.45) is 0.190. The number of hydrogen-bond acceptors (Lipinski definition) is 2. The van der Waals surface area contributed by atoms with Gasteiger partial charge in [-0.3, -0.25) is 0 Å². The zero-order valence-corrected chi connectivity index (χ0v) is 10.2. The van der Waals surface area contributed by atoms with E-state index in [1.165, 1.54) is 0 Å². The number of anilines is 1. The number of hydrogen-bond donors (Lipinski definition) is 1. The molecule has 0 spiro atoms. The van der Waals surface area contributed by atoms with Crippen LogP contribution in [-0.4, -0.2) is 12.6 Å². The molecule has 1 N–H and O–H groups in total. The Morgan fingerprint density at radius 1 is 1.33 bits per heavy atom. The maximum absolute atomic E-state index is 5.93. The van der Waals surface area contributed by atoms with Crippen molar-refractivity contribution in [3.63, 3.8) is 0 Å². The molecule has 1 unspecified atom stereocenters. The van der Waals surface area contributed by atoms with Gasteiger partial charge in [-0.05, 0) is 12.0 Å².